The molecule has 0 aliphatic carbocycles. The molecule has 0 radical (unpaired) electrons. The van der Waals surface area contributed by atoms with Crippen LogP contribution in [0.1, 0.15) is 26.2 Å². The Kier molecular flexibility index (Phi) is 3.78. The van der Waals surface area contributed by atoms with Crippen LogP contribution >= 0.6 is 0 Å². The lowest BCUT2D eigenvalue weighted by molar-refractivity contribution is -0.121. The summed E-state index contributed by atoms with van der Waals surface area (Å²) in [5.74, 6) is 2.51. The van der Waals surface area contributed by atoms with Crippen LogP contribution in [0.2, 0.25) is 0 Å². The molecule has 2 atom stereocenters. The Hall–Kier alpha value is -1.01. The predicted octanol–water partition coefficient (Wildman–Crippen LogP) is 0.266. The van der Waals surface area contributed by atoms with Gasteiger partial charge >= 0.3 is 0 Å². The second-order valence-corrected chi connectivity index (χ2v) is 3.45. The number of hydrogen-bond acceptors (Lipinski definition) is 2. The molecular weight excluding hydrogens is 164 g/mol. The largest absolute Gasteiger partial charge is 0.343 e. The Labute approximate surface area is 79.3 Å². The highest BCUT2D eigenvalue weighted by Crippen LogP contribution is 2.08. The van der Waals surface area contributed by atoms with Crippen molar-refractivity contribution in [2.45, 2.75) is 38.3 Å². The van der Waals surface area contributed by atoms with Crippen molar-refractivity contribution in [3.63, 3.8) is 0 Å². The van der Waals surface area contributed by atoms with E-state index in [9.17, 15) is 4.79 Å². The van der Waals surface area contributed by atoms with Gasteiger partial charge in [0.25, 0.3) is 0 Å². The number of rotatable bonds is 3. The summed E-state index contributed by atoms with van der Waals surface area (Å²) in [5, 5.41) is 6.01. The van der Waals surface area contributed by atoms with Gasteiger partial charge in [-0.2, -0.15) is 0 Å². The first-order chi connectivity index (χ1) is 6.22. The van der Waals surface area contributed by atoms with Gasteiger partial charge in [0, 0.05) is 12.5 Å². The van der Waals surface area contributed by atoms with E-state index < -0.39 is 0 Å². The van der Waals surface area contributed by atoms with Gasteiger partial charge in [-0.25, -0.2) is 0 Å². The summed E-state index contributed by atoms with van der Waals surface area (Å²) in [5.41, 5.74) is 0. The lowest BCUT2D eigenvalue weighted by atomic mass is 10.1. The van der Waals surface area contributed by atoms with Crippen LogP contribution < -0.4 is 10.6 Å². The van der Waals surface area contributed by atoms with E-state index in [1.54, 1.807) is 6.92 Å². The molecule has 0 aromatic heterocycles. The first kappa shape index (κ1) is 10.1. The minimum atomic E-state index is -0.158. The molecule has 1 heterocycles. The number of carbonyl (C=O) groups excluding carboxylic acids is 1. The van der Waals surface area contributed by atoms with Crippen molar-refractivity contribution < 1.29 is 4.79 Å². The molecule has 13 heavy (non-hydrogen) atoms. The normalized spacial score (nSPS) is 23.5. The highest BCUT2D eigenvalue weighted by molar-refractivity contribution is 5.77. The molecule has 0 bridgehead atoms. The molecule has 72 valence electrons. The number of hydrogen-bond donors (Lipinski definition) is 2. The van der Waals surface area contributed by atoms with Crippen LogP contribution in [0.3, 0.4) is 0 Å². The minimum absolute atomic E-state index is 0.0462. The zero-order chi connectivity index (χ0) is 9.68. The van der Waals surface area contributed by atoms with Crippen LogP contribution in [0.4, 0.5) is 0 Å². The average molecular weight is 180 g/mol. The summed E-state index contributed by atoms with van der Waals surface area (Å²) < 4.78 is 0. The van der Waals surface area contributed by atoms with Crippen LogP contribution in [0.25, 0.3) is 0 Å². The molecule has 2 N–H and O–H groups in total. The second-order valence-electron chi connectivity index (χ2n) is 3.45. The molecular formula is C10H16N2O. The highest BCUT2D eigenvalue weighted by Gasteiger charge is 2.17. The maximum Gasteiger partial charge on any atom is 0.222 e. The van der Waals surface area contributed by atoms with Gasteiger partial charge in [0.15, 0.2) is 0 Å². The third-order valence-corrected chi connectivity index (χ3v) is 2.22. The van der Waals surface area contributed by atoms with E-state index in [1.807, 2.05) is 0 Å². The van der Waals surface area contributed by atoms with Crippen molar-refractivity contribution in [3.05, 3.63) is 0 Å². The summed E-state index contributed by atoms with van der Waals surface area (Å²) in [6.45, 7) is 2.84. The first-order valence-corrected chi connectivity index (χ1v) is 4.71. The summed E-state index contributed by atoms with van der Waals surface area (Å²) in [7, 11) is 0. The molecule has 0 spiro atoms. The lowest BCUT2D eigenvalue weighted by Crippen LogP contribution is -2.36. The quantitative estimate of drug-likeness (QED) is 0.612. The van der Waals surface area contributed by atoms with E-state index in [-0.39, 0.29) is 11.9 Å². The Bertz CT molecular complexity index is 213. The molecule has 3 nitrogen and oxygen atoms in total. The monoisotopic (exact) mass is 180 g/mol. The standard InChI is InChI=1S/C10H16N2O/c1-3-8(2)12-10(13)7-9-5-4-6-11-9/h1,8-9,11H,4-7H2,2H3,(H,12,13). The van der Waals surface area contributed by atoms with E-state index in [2.05, 4.69) is 16.6 Å². The van der Waals surface area contributed by atoms with Crippen molar-refractivity contribution in [2.24, 2.45) is 0 Å². The predicted molar refractivity (Wildman–Crippen MR) is 52.1 cm³/mol. The fraction of sp³-hybridized carbons (Fsp3) is 0.700. The van der Waals surface area contributed by atoms with E-state index in [1.165, 1.54) is 6.42 Å². The molecule has 2 unspecified atom stereocenters. The van der Waals surface area contributed by atoms with E-state index >= 15 is 0 Å². The van der Waals surface area contributed by atoms with E-state index in [0.29, 0.717) is 12.5 Å². The zero-order valence-electron chi connectivity index (χ0n) is 7.97. The average Bonchev–Trinajstić information content (AvgIpc) is 2.56. The Morgan fingerprint density at radius 3 is 3.15 bits per heavy atom. The third kappa shape index (κ3) is 3.47. The maximum absolute atomic E-state index is 11.3. The van der Waals surface area contributed by atoms with Gasteiger partial charge in [-0.05, 0) is 26.3 Å². The number of terminal acetylenes is 1. The molecule has 1 amide bonds. The van der Waals surface area contributed by atoms with Gasteiger partial charge < -0.3 is 10.6 Å². The number of nitrogens with one attached hydrogen (secondary N) is 2. The molecule has 3 heteroatoms. The van der Waals surface area contributed by atoms with Crippen molar-refractivity contribution >= 4 is 5.91 Å². The summed E-state index contributed by atoms with van der Waals surface area (Å²) >= 11 is 0. The van der Waals surface area contributed by atoms with Crippen molar-refractivity contribution in [1.82, 2.24) is 10.6 Å². The summed E-state index contributed by atoms with van der Waals surface area (Å²) in [6.07, 6.45) is 7.96. The van der Waals surface area contributed by atoms with E-state index in [0.717, 1.165) is 13.0 Å². The van der Waals surface area contributed by atoms with Gasteiger partial charge in [0.1, 0.15) is 0 Å². The fourth-order valence-corrected chi connectivity index (χ4v) is 1.50. The van der Waals surface area contributed by atoms with Crippen LogP contribution in [-0.4, -0.2) is 24.5 Å². The molecule has 1 saturated heterocycles. The van der Waals surface area contributed by atoms with Gasteiger partial charge in [-0.3, -0.25) is 4.79 Å². The Morgan fingerprint density at radius 1 is 1.85 bits per heavy atom. The van der Waals surface area contributed by atoms with Gasteiger partial charge in [0.2, 0.25) is 5.91 Å². The molecule has 1 rings (SSSR count). The van der Waals surface area contributed by atoms with E-state index in [4.69, 9.17) is 6.42 Å². The maximum atomic E-state index is 11.3. The lowest BCUT2D eigenvalue weighted by Gasteiger charge is -2.11. The molecule has 0 aromatic carbocycles. The molecule has 1 aliphatic heterocycles. The van der Waals surface area contributed by atoms with Crippen LogP contribution in [-0.2, 0) is 4.79 Å². The molecule has 0 saturated carbocycles. The molecule has 1 fully saturated rings. The second kappa shape index (κ2) is 4.88. The van der Waals surface area contributed by atoms with Crippen molar-refractivity contribution in [3.8, 4) is 12.3 Å². The first-order valence-electron chi connectivity index (χ1n) is 4.71. The summed E-state index contributed by atoms with van der Waals surface area (Å²) in [6, 6.07) is 0.193. The fourth-order valence-electron chi connectivity index (χ4n) is 1.50. The van der Waals surface area contributed by atoms with Gasteiger partial charge in [-0.1, -0.05) is 5.92 Å². The Morgan fingerprint density at radius 2 is 2.62 bits per heavy atom. The Balaban J connectivity index is 2.21. The molecule has 0 aromatic rings. The van der Waals surface area contributed by atoms with Crippen LogP contribution in [0, 0.1) is 12.3 Å². The number of amides is 1. The smallest absolute Gasteiger partial charge is 0.222 e. The van der Waals surface area contributed by atoms with Crippen molar-refractivity contribution in [2.75, 3.05) is 6.54 Å². The van der Waals surface area contributed by atoms with Crippen LogP contribution in [0.5, 0.6) is 0 Å². The minimum Gasteiger partial charge on any atom is -0.343 e. The van der Waals surface area contributed by atoms with Crippen molar-refractivity contribution in [1.29, 1.82) is 0 Å². The van der Waals surface area contributed by atoms with Gasteiger partial charge in [-0.15, -0.1) is 6.42 Å². The van der Waals surface area contributed by atoms with Gasteiger partial charge in [0.05, 0.1) is 6.04 Å². The number of carbonyl (C=O) groups is 1. The highest BCUT2D eigenvalue weighted by atomic mass is 16.1. The molecule has 1 aliphatic rings. The SMILES string of the molecule is C#CC(C)NC(=O)CC1CCCN1. The van der Waals surface area contributed by atoms with Crippen LogP contribution in [0.15, 0.2) is 0 Å². The zero-order valence-corrected chi connectivity index (χ0v) is 7.97. The topological polar surface area (TPSA) is 41.1 Å². The summed E-state index contributed by atoms with van der Waals surface area (Å²) in [4.78, 5) is 11.3. The third-order valence-electron chi connectivity index (χ3n) is 2.22.